The van der Waals surface area contributed by atoms with Gasteiger partial charge in [0.15, 0.2) is 0 Å². The predicted molar refractivity (Wildman–Crippen MR) is 97.8 cm³/mol. The second kappa shape index (κ2) is 6.24. The number of nitrogens with zero attached hydrogens (tertiary/aromatic N) is 1. The van der Waals surface area contributed by atoms with Gasteiger partial charge in [0.2, 0.25) is 0 Å². The number of fused-ring (bicyclic) bond motifs is 1. The van der Waals surface area contributed by atoms with Gasteiger partial charge in [0.05, 0.1) is 22.3 Å². The molecule has 0 fully saturated rings. The molecule has 0 amide bonds. The average molecular weight is 340 g/mol. The van der Waals surface area contributed by atoms with Crippen LogP contribution >= 0.6 is 0 Å². The first-order valence-electron chi connectivity index (χ1n) is 7.85. The quantitative estimate of drug-likeness (QED) is 0.762. The van der Waals surface area contributed by atoms with E-state index < -0.39 is 10.0 Å². The number of para-hydroxylation sites is 1. The summed E-state index contributed by atoms with van der Waals surface area (Å²) in [6.45, 7) is 5.89. The highest BCUT2D eigenvalue weighted by molar-refractivity contribution is 7.92. The zero-order valence-corrected chi connectivity index (χ0v) is 14.8. The molecule has 0 aliphatic heterocycles. The van der Waals surface area contributed by atoms with Crippen LogP contribution in [-0.4, -0.2) is 13.4 Å². The summed E-state index contributed by atoms with van der Waals surface area (Å²) in [5.74, 6) is 0.266. The summed E-state index contributed by atoms with van der Waals surface area (Å²) in [5.41, 5.74) is 3.01. The standard InChI is InChI=1S/C19H20N2O2S/c1-13(2)15-9-8-14(3)19(11-15)24(22,23)21-17-10-16-6-4-5-7-18(16)20-12-17/h4-13,21H,1-3H3. The van der Waals surface area contributed by atoms with Gasteiger partial charge in [-0.3, -0.25) is 9.71 Å². The first-order valence-corrected chi connectivity index (χ1v) is 9.33. The number of hydrogen-bond acceptors (Lipinski definition) is 3. The van der Waals surface area contributed by atoms with Crippen molar-refractivity contribution in [3.05, 3.63) is 65.9 Å². The maximum atomic E-state index is 12.8. The molecule has 0 atom stereocenters. The van der Waals surface area contributed by atoms with Crippen LogP contribution in [0.15, 0.2) is 59.6 Å². The third kappa shape index (κ3) is 3.26. The van der Waals surface area contributed by atoms with E-state index in [4.69, 9.17) is 0 Å². The molecule has 124 valence electrons. The SMILES string of the molecule is Cc1ccc(C(C)C)cc1S(=O)(=O)Nc1cnc2ccccc2c1. The molecule has 3 rings (SSSR count). The fraction of sp³-hybridized carbons (Fsp3) is 0.211. The second-order valence-electron chi connectivity index (χ2n) is 6.20. The Morgan fingerprint density at radius 2 is 1.79 bits per heavy atom. The molecule has 0 bridgehead atoms. The third-order valence-electron chi connectivity index (χ3n) is 4.01. The van der Waals surface area contributed by atoms with Crippen molar-refractivity contribution < 1.29 is 8.42 Å². The van der Waals surface area contributed by atoms with Crippen molar-refractivity contribution in [2.45, 2.75) is 31.6 Å². The van der Waals surface area contributed by atoms with Gasteiger partial charge in [0, 0.05) is 5.39 Å². The van der Waals surface area contributed by atoms with Gasteiger partial charge in [0.25, 0.3) is 10.0 Å². The van der Waals surface area contributed by atoms with Crippen molar-refractivity contribution in [3.63, 3.8) is 0 Å². The Morgan fingerprint density at radius 3 is 2.54 bits per heavy atom. The first-order chi connectivity index (χ1) is 11.4. The molecule has 0 radical (unpaired) electrons. The molecule has 1 heterocycles. The summed E-state index contributed by atoms with van der Waals surface area (Å²) in [5, 5.41) is 0.894. The van der Waals surface area contributed by atoms with Gasteiger partial charge < -0.3 is 0 Å². The van der Waals surface area contributed by atoms with Crippen LogP contribution in [0.5, 0.6) is 0 Å². The molecular weight excluding hydrogens is 320 g/mol. The molecule has 5 heteroatoms. The molecular formula is C19H20N2O2S. The Labute approximate surface area is 142 Å². The highest BCUT2D eigenvalue weighted by Crippen LogP contribution is 2.25. The van der Waals surface area contributed by atoms with Crippen LogP contribution in [0.25, 0.3) is 10.9 Å². The number of hydrogen-bond donors (Lipinski definition) is 1. The van der Waals surface area contributed by atoms with Crippen LogP contribution in [0.1, 0.15) is 30.9 Å². The zero-order valence-electron chi connectivity index (χ0n) is 13.9. The maximum absolute atomic E-state index is 12.8. The number of benzene rings is 2. The normalized spacial score (nSPS) is 11.8. The van der Waals surface area contributed by atoms with Crippen molar-refractivity contribution in [2.24, 2.45) is 0 Å². The number of rotatable bonds is 4. The third-order valence-corrected chi connectivity index (χ3v) is 5.53. The summed E-state index contributed by atoms with van der Waals surface area (Å²) >= 11 is 0. The number of aromatic nitrogens is 1. The van der Waals surface area contributed by atoms with E-state index in [-0.39, 0.29) is 5.92 Å². The van der Waals surface area contributed by atoms with Crippen LogP contribution in [0.2, 0.25) is 0 Å². The summed E-state index contributed by atoms with van der Waals surface area (Å²) < 4.78 is 28.2. The van der Waals surface area contributed by atoms with E-state index in [2.05, 4.69) is 9.71 Å². The fourth-order valence-electron chi connectivity index (χ4n) is 2.60. The molecule has 24 heavy (non-hydrogen) atoms. The van der Waals surface area contributed by atoms with Crippen molar-refractivity contribution in [3.8, 4) is 0 Å². The van der Waals surface area contributed by atoms with Crippen molar-refractivity contribution >= 4 is 26.6 Å². The zero-order chi connectivity index (χ0) is 17.3. The minimum atomic E-state index is -3.66. The number of nitrogens with one attached hydrogen (secondary N) is 1. The lowest BCUT2D eigenvalue weighted by molar-refractivity contribution is 0.600. The van der Waals surface area contributed by atoms with Crippen LogP contribution in [0, 0.1) is 6.92 Å². The van der Waals surface area contributed by atoms with E-state index in [9.17, 15) is 8.42 Å². The molecule has 0 saturated heterocycles. The summed E-state index contributed by atoms with van der Waals surface area (Å²) in [6, 6.07) is 15.0. The summed E-state index contributed by atoms with van der Waals surface area (Å²) in [7, 11) is -3.66. The van der Waals surface area contributed by atoms with Crippen molar-refractivity contribution in [1.29, 1.82) is 0 Å². The van der Waals surface area contributed by atoms with Crippen LogP contribution in [-0.2, 0) is 10.0 Å². The van der Waals surface area contributed by atoms with Crippen LogP contribution < -0.4 is 4.72 Å². The van der Waals surface area contributed by atoms with Crippen molar-refractivity contribution in [2.75, 3.05) is 4.72 Å². The molecule has 0 saturated carbocycles. The van der Waals surface area contributed by atoms with E-state index in [0.717, 1.165) is 22.0 Å². The molecule has 1 N–H and O–H groups in total. The summed E-state index contributed by atoms with van der Waals surface area (Å²) in [6.07, 6.45) is 1.54. The summed E-state index contributed by atoms with van der Waals surface area (Å²) in [4.78, 5) is 4.61. The Morgan fingerprint density at radius 1 is 1.04 bits per heavy atom. The Kier molecular flexibility index (Phi) is 4.28. The van der Waals surface area contributed by atoms with E-state index in [0.29, 0.717) is 10.6 Å². The monoisotopic (exact) mass is 340 g/mol. The molecule has 0 unspecified atom stereocenters. The van der Waals surface area contributed by atoms with Gasteiger partial charge in [0.1, 0.15) is 0 Å². The van der Waals surface area contributed by atoms with Gasteiger partial charge in [-0.2, -0.15) is 0 Å². The molecule has 0 aliphatic carbocycles. The first kappa shape index (κ1) is 16.5. The Hall–Kier alpha value is -2.40. The van der Waals surface area contributed by atoms with E-state index >= 15 is 0 Å². The van der Waals surface area contributed by atoms with E-state index in [1.165, 1.54) is 0 Å². The van der Waals surface area contributed by atoms with Crippen LogP contribution in [0.3, 0.4) is 0 Å². The van der Waals surface area contributed by atoms with E-state index in [1.54, 1.807) is 25.3 Å². The number of pyridine rings is 1. The van der Waals surface area contributed by atoms with Crippen LogP contribution in [0.4, 0.5) is 5.69 Å². The number of sulfonamides is 1. The molecule has 4 nitrogen and oxygen atoms in total. The largest absolute Gasteiger partial charge is 0.278 e. The fourth-order valence-corrected chi connectivity index (χ4v) is 3.92. The minimum absolute atomic E-state index is 0.266. The van der Waals surface area contributed by atoms with Gasteiger partial charge >= 0.3 is 0 Å². The maximum Gasteiger partial charge on any atom is 0.262 e. The van der Waals surface area contributed by atoms with Gasteiger partial charge in [-0.15, -0.1) is 0 Å². The number of anilines is 1. The lowest BCUT2D eigenvalue weighted by Crippen LogP contribution is -2.15. The van der Waals surface area contributed by atoms with Crippen molar-refractivity contribution in [1.82, 2.24) is 4.98 Å². The highest BCUT2D eigenvalue weighted by Gasteiger charge is 2.18. The lowest BCUT2D eigenvalue weighted by Gasteiger charge is -2.13. The lowest BCUT2D eigenvalue weighted by atomic mass is 10.0. The second-order valence-corrected chi connectivity index (χ2v) is 7.85. The molecule has 0 spiro atoms. The Balaban J connectivity index is 1.99. The van der Waals surface area contributed by atoms with Gasteiger partial charge in [-0.1, -0.05) is 44.2 Å². The molecule has 1 aromatic heterocycles. The van der Waals surface area contributed by atoms with Gasteiger partial charge in [-0.05, 0) is 42.2 Å². The minimum Gasteiger partial charge on any atom is -0.278 e. The predicted octanol–water partition coefficient (Wildman–Crippen LogP) is 4.47. The van der Waals surface area contributed by atoms with Gasteiger partial charge in [-0.25, -0.2) is 8.42 Å². The Bertz CT molecular complexity index is 995. The molecule has 3 aromatic rings. The topological polar surface area (TPSA) is 59.1 Å². The number of aryl methyl sites for hydroxylation is 1. The highest BCUT2D eigenvalue weighted by atomic mass is 32.2. The average Bonchev–Trinajstić information content (AvgIpc) is 2.54. The molecule has 2 aromatic carbocycles. The molecule has 0 aliphatic rings. The van der Waals surface area contributed by atoms with E-state index in [1.807, 2.05) is 50.2 Å². The smallest absolute Gasteiger partial charge is 0.262 e.